The van der Waals surface area contributed by atoms with Crippen LogP contribution in [0.15, 0.2) is 42.5 Å². The van der Waals surface area contributed by atoms with Gasteiger partial charge in [0.2, 0.25) is 5.91 Å². The number of aryl methyl sites for hydroxylation is 3. The Labute approximate surface area is 131 Å². The molecule has 0 saturated carbocycles. The lowest BCUT2D eigenvalue weighted by Gasteiger charge is -2.08. The fraction of sp³-hybridized carbons (Fsp3) is 0.278. The van der Waals surface area contributed by atoms with Gasteiger partial charge in [-0.1, -0.05) is 35.9 Å². The fourth-order valence-electron chi connectivity index (χ4n) is 2.13. The van der Waals surface area contributed by atoms with Gasteiger partial charge in [-0.3, -0.25) is 4.79 Å². The minimum Gasteiger partial charge on any atom is -0.325 e. The van der Waals surface area contributed by atoms with Crippen LogP contribution in [-0.2, 0) is 10.5 Å². The zero-order valence-corrected chi connectivity index (χ0v) is 13.6. The third-order valence-corrected chi connectivity index (χ3v) is 4.28. The summed E-state index contributed by atoms with van der Waals surface area (Å²) in [6.07, 6.45) is 0. The summed E-state index contributed by atoms with van der Waals surface area (Å²) in [5.41, 5.74) is 5.87. The molecule has 2 nitrogen and oxygen atoms in total. The van der Waals surface area contributed by atoms with E-state index in [9.17, 15) is 4.79 Å². The standard InChI is InChI=1S/C18H21NOS/c1-13-5-4-6-17(10-13)19-18(20)12-21-11-16-9-14(2)7-8-15(16)3/h4-10H,11-12H2,1-3H3,(H,19,20). The van der Waals surface area contributed by atoms with Crippen LogP contribution in [0.5, 0.6) is 0 Å². The first-order valence-corrected chi connectivity index (χ1v) is 8.20. The molecule has 110 valence electrons. The van der Waals surface area contributed by atoms with Gasteiger partial charge in [-0.15, -0.1) is 11.8 Å². The van der Waals surface area contributed by atoms with E-state index < -0.39 is 0 Å². The number of carbonyl (C=O) groups excluding carboxylic acids is 1. The average molecular weight is 299 g/mol. The Bertz CT molecular complexity index is 637. The predicted octanol–water partition coefficient (Wildman–Crippen LogP) is 4.48. The number of benzene rings is 2. The van der Waals surface area contributed by atoms with Crippen LogP contribution < -0.4 is 5.32 Å². The maximum absolute atomic E-state index is 11.9. The molecule has 0 bridgehead atoms. The molecular formula is C18H21NOS. The van der Waals surface area contributed by atoms with Gasteiger partial charge >= 0.3 is 0 Å². The highest BCUT2D eigenvalue weighted by molar-refractivity contribution is 7.99. The first-order chi connectivity index (χ1) is 10.0. The van der Waals surface area contributed by atoms with Crippen molar-refractivity contribution in [2.24, 2.45) is 0 Å². The molecule has 0 radical (unpaired) electrons. The number of carbonyl (C=O) groups is 1. The van der Waals surface area contributed by atoms with Crippen LogP contribution in [0.1, 0.15) is 22.3 Å². The zero-order valence-electron chi connectivity index (χ0n) is 12.8. The van der Waals surface area contributed by atoms with Gasteiger partial charge in [0.1, 0.15) is 0 Å². The van der Waals surface area contributed by atoms with Crippen molar-refractivity contribution >= 4 is 23.4 Å². The zero-order chi connectivity index (χ0) is 15.2. The lowest BCUT2D eigenvalue weighted by atomic mass is 10.1. The van der Waals surface area contributed by atoms with E-state index in [0.717, 1.165) is 17.0 Å². The molecule has 1 N–H and O–H groups in total. The Hall–Kier alpha value is -1.74. The second-order valence-corrected chi connectivity index (χ2v) is 6.33. The SMILES string of the molecule is Cc1cccc(NC(=O)CSCc2cc(C)ccc2C)c1. The molecule has 0 heterocycles. The molecule has 0 aliphatic carbocycles. The first kappa shape index (κ1) is 15.6. The maximum atomic E-state index is 11.9. The van der Waals surface area contributed by atoms with Gasteiger partial charge in [0, 0.05) is 11.4 Å². The number of amides is 1. The molecule has 1 amide bonds. The van der Waals surface area contributed by atoms with Crippen LogP contribution in [0.25, 0.3) is 0 Å². The van der Waals surface area contributed by atoms with Crippen LogP contribution in [-0.4, -0.2) is 11.7 Å². The fourth-order valence-corrected chi connectivity index (χ4v) is 3.02. The number of anilines is 1. The Morgan fingerprint density at radius 2 is 1.81 bits per heavy atom. The molecule has 0 atom stereocenters. The molecule has 21 heavy (non-hydrogen) atoms. The molecule has 2 aromatic carbocycles. The summed E-state index contributed by atoms with van der Waals surface area (Å²) >= 11 is 1.65. The van der Waals surface area contributed by atoms with E-state index in [1.807, 2.05) is 31.2 Å². The van der Waals surface area contributed by atoms with Crippen LogP contribution >= 0.6 is 11.8 Å². The minimum absolute atomic E-state index is 0.0518. The molecular weight excluding hydrogens is 278 g/mol. The first-order valence-electron chi connectivity index (χ1n) is 7.05. The molecule has 0 aliphatic rings. The van der Waals surface area contributed by atoms with E-state index in [-0.39, 0.29) is 5.91 Å². The smallest absolute Gasteiger partial charge is 0.234 e. The minimum atomic E-state index is 0.0518. The topological polar surface area (TPSA) is 29.1 Å². The summed E-state index contributed by atoms with van der Waals surface area (Å²) in [4.78, 5) is 11.9. The van der Waals surface area contributed by atoms with E-state index in [1.165, 1.54) is 16.7 Å². The average Bonchev–Trinajstić information content (AvgIpc) is 2.42. The van der Waals surface area contributed by atoms with E-state index in [2.05, 4.69) is 37.4 Å². The van der Waals surface area contributed by atoms with Crippen molar-refractivity contribution in [2.45, 2.75) is 26.5 Å². The van der Waals surface area contributed by atoms with E-state index >= 15 is 0 Å². The molecule has 2 rings (SSSR count). The summed E-state index contributed by atoms with van der Waals surface area (Å²) < 4.78 is 0. The molecule has 0 unspecified atom stereocenters. The van der Waals surface area contributed by atoms with Crippen molar-refractivity contribution in [3.63, 3.8) is 0 Å². The van der Waals surface area contributed by atoms with Gasteiger partial charge < -0.3 is 5.32 Å². The van der Waals surface area contributed by atoms with Crippen LogP contribution in [0.2, 0.25) is 0 Å². The second-order valence-electron chi connectivity index (χ2n) is 5.34. The van der Waals surface area contributed by atoms with E-state index in [0.29, 0.717) is 5.75 Å². The highest BCUT2D eigenvalue weighted by Gasteiger charge is 2.04. The van der Waals surface area contributed by atoms with Crippen molar-refractivity contribution in [2.75, 3.05) is 11.1 Å². The van der Waals surface area contributed by atoms with E-state index in [4.69, 9.17) is 0 Å². The van der Waals surface area contributed by atoms with Crippen molar-refractivity contribution in [1.29, 1.82) is 0 Å². The summed E-state index contributed by atoms with van der Waals surface area (Å²) in [5, 5.41) is 2.94. The van der Waals surface area contributed by atoms with Gasteiger partial charge in [0.25, 0.3) is 0 Å². The number of rotatable bonds is 5. The van der Waals surface area contributed by atoms with Crippen LogP contribution in [0, 0.1) is 20.8 Å². The predicted molar refractivity (Wildman–Crippen MR) is 91.9 cm³/mol. The number of hydrogen-bond donors (Lipinski definition) is 1. The van der Waals surface area contributed by atoms with Gasteiger partial charge in [0.05, 0.1) is 5.75 Å². The third-order valence-electron chi connectivity index (χ3n) is 3.30. The summed E-state index contributed by atoms with van der Waals surface area (Å²) in [6, 6.07) is 14.3. The van der Waals surface area contributed by atoms with Gasteiger partial charge in [0.15, 0.2) is 0 Å². The molecule has 0 aromatic heterocycles. The molecule has 0 spiro atoms. The molecule has 0 fully saturated rings. The van der Waals surface area contributed by atoms with Crippen molar-refractivity contribution < 1.29 is 4.79 Å². The normalized spacial score (nSPS) is 10.4. The highest BCUT2D eigenvalue weighted by Crippen LogP contribution is 2.18. The number of hydrogen-bond acceptors (Lipinski definition) is 2. The van der Waals surface area contributed by atoms with Crippen LogP contribution in [0.4, 0.5) is 5.69 Å². The van der Waals surface area contributed by atoms with Crippen LogP contribution in [0.3, 0.4) is 0 Å². The molecule has 3 heteroatoms. The van der Waals surface area contributed by atoms with Gasteiger partial charge in [-0.05, 0) is 49.6 Å². The monoisotopic (exact) mass is 299 g/mol. The number of nitrogens with one attached hydrogen (secondary N) is 1. The molecule has 0 saturated heterocycles. The quantitative estimate of drug-likeness (QED) is 0.881. The van der Waals surface area contributed by atoms with Gasteiger partial charge in [-0.25, -0.2) is 0 Å². The lowest BCUT2D eigenvalue weighted by molar-refractivity contribution is -0.113. The van der Waals surface area contributed by atoms with Crippen molar-refractivity contribution in [1.82, 2.24) is 0 Å². The third kappa shape index (κ3) is 4.94. The Balaban J connectivity index is 1.83. The Morgan fingerprint density at radius 3 is 2.57 bits per heavy atom. The number of thioether (sulfide) groups is 1. The van der Waals surface area contributed by atoms with E-state index in [1.54, 1.807) is 11.8 Å². The van der Waals surface area contributed by atoms with Crippen molar-refractivity contribution in [3.05, 3.63) is 64.7 Å². The highest BCUT2D eigenvalue weighted by atomic mass is 32.2. The summed E-state index contributed by atoms with van der Waals surface area (Å²) in [5.74, 6) is 1.40. The molecule has 0 aliphatic heterocycles. The maximum Gasteiger partial charge on any atom is 0.234 e. The molecule has 2 aromatic rings. The largest absolute Gasteiger partial charge is 0.325 e. The second kappa shape index (κ2) is 7.32. The summed E-state index contributed by atoms with van der Waals surface area (Å²) in [7, 11) is 0. The summed E-state index contributed by atoms with van der Waals surface area (Å²) in [6.45, 7) is 6.23. The Kier molecular flexibility index (Phi) is 5.45. The Morgan fingerprint density at radius 1 is 1.05 bits per heavy atom. The lowest BCUT2D eigenvalue weighted by Crippen LogP contribution is -2.14. The van der Waals surface area contributed by atoms with Gasteiger partial charge in [-0.2, -0.15) is 0 Å². The van der Waals surface area contributed by atoms with Crippen molar-refractivity contribution in [3.8, 4) is 0 Å².